The standard InChI is InChI=1S/C18H19N3O3/c19-11-15(12-21-10-5-13-3-1-2-4-16(13)21)17(22)20-8-6-14(7-9-20)18(23)24/h1-4,12,14H,5-10H2,(H,23,24)/b15-12-. The zero-order valence-corrected chi connectivity index (χ0v) is 13.3. The first-order valence-electron chi connectivity index (χ1n) is 8.08. The maximum absolute atomic E-state index is 12.6. The summed E-state index contributed by atoms with van der Waals surface area (Å²) in [6, 6.07) is 9.96. The highest BCUT2D eigenvalue weighted by Gasteiger charge is 2.29. The molecule has 1 aromatic carbocycles. The van der Waals surface area contributed by atoms with E-state index < -0.39 is 11.9 Å². The minimum Gasteiger partial charge on any atom is -0.481 e. The van der Waals surface area contributed by atoms with E-state index in [-0.39, 0.29) is 11.5 Å². The van der Waals surface area contributed by atoms with Gasteiger partial charge in [0, 0.05) is 31.5 Å². The van der Waals surface area contributed by atoms with Crippen molar-refractivity contribution in [3.8, 4) is 6.07 Å². The zero-order valence-electron chi connectivity index (χ0n) is 13.3. The second kappa shape index (κ2) is 6.75. The number of amides is 1. The van der Waals surface area contributed by atoms with Crippen molar-refractivity contribution in [3.05, 3.63) is 41.6 Å². The van der Waals surface area contributed by atoms with E-state index in [0.29, 0.717) is 25.9 Å². The summed E-state index contributed by atoms with van der Waals surface area (Å²) in [5.74, 6) is -1.52. The van der Waals surface area contributed by atoms with Gasteiger partial charge in [0.15, 0.2) is 0 Å². The predicted octanol–water partition coefficient (Wildman–Crippen LogP) is 1.78. The van der Waals surface area contributed by atoms with E-state index in [1.807, 2.05) is 35.2 Å². The van der Waals surface area contributed by atoms with Gasteiger partial charge in [-0.2, -0.15) is 5.26 Å². The molecule has 1 fully saturated rings. The Morgan fingerprint density at radius 2 is 1.92 bits per heavy atom. The molecule has 1 N–H and O–H groups in total. The summed E-state index contributed by atoms with van der Waals surface area (Å²) in [5.41, 5.74) is 2.34. The van der Waals surface area contributed by atoms with Crippen LogP contribution in [0.3, 0.4) is 0 Å². The van der Waals surface area contributed by atoms with Gasteiger partial charge in [-0.05, 0) is 30.9 Å². The van der Waals surface area contributed by atoms with Crippen molar-refractivity contribution in [2.45, 2.75) is 19.3 Å². The first-order chi connectivity index (χ1) is 11.6. The van der Waals surface area contributed by atoms with E-state index in [9.17, 15) is 14.9 Å². The fourth-order valence-electron chi connectivity index (χ4n) is 3.29. The Hall–Kier alpha value is -2.81. The summed E-state index contributed by atoms with van der Waals surface area (Å²) in [6.45, 7) is 1.51. The van der Waals surface area contributed by atoms with Crippen LogP contribution in [0.25, 0.3) is 0 Å². The summed E-state index contributed by atoms with van der Waals surface area (Å²) in [5, 5.41) is 18.4. The Balaban J connectivity index is 1.72. The van der Waals surface area contributed by atoms with Crippen molar-refractivity contribution in [3.63, 3.8) is 0 Å². The average Bonchev–Trinajstić information content (AvgIpc) is 3.02. The number of carboxylic acids is 1. The molecule has 0 bridgehead atoms. The summed E-state index contributed by atoms with van der Waals surface area (Å²) in [4.78, 5) is 27.1. The predicted molar refractivity (Wildman–Crippen MR) is 88.1 cm³/mol. The third kappa shape index (κ3) is 3.11. The summed E-state index contributed by atoms with van der Waals surface area (Å²) < 4.78 is 0. The van der Waals surface area contributed by atoms with Gasteiger partial charge in [0.25, 0.3) is 5.91 Å². The lowest BCUT2D eigenvalue weighted by atomic mass is 9.97. The molecule has 0 atom stereocenters. The van der Waals surface area contributed by atoms with E-state index in [0.717, 1.165) is 18.7 Å². The monoisotopic (exact) mass is 325 g/mol. The number of aliphatic carboxylic acids is 1. The van der Waals surface area contributed by atoms with Gasteiger partial charge in [-0.1, -0.05) is 18.2 Å². The van der Waals surface area contributed by atoms with E-state index in [2.05, 4.69) is 0 Å². The fourth-order valence-corrected chi connectivity index (χ4v) is 3.29. The van der Waals surface area contributed by atoms with Crippen molar-refractivity contribution in [1.82, 2.24) is 4.90 Å². The Labute approximate surface area is 140 Å². The van der Waals surface area contributed by atoms with Crippen LogP contribution >= 0.6 is 0 Å². The van der Waals surface area contributed by atoms with Gasteiger partial charge in [0.2, 0.25) is 0 Å². The van der Waals surface area contributed by atoms with E-state index >= 15 is 0 Å². The van der Waals surface area contributed by atoms with E-state index in [1.165, 1.54) is 5.56 Å². The molecule has 0 aromatic heterocycles. The highest BCUT2D eigenvalue weighted by molar-refractivity contribution is 5.98. The second-order valence-corrected chi connectivity index (χ2v) is 6.13. The zero-order chi connectivity index (χ0) is 17.1. The Morgan fingerprint density at radius 1 is 1.21 bits per heavy atom. The molecule has 2 heterocycles. The van der Waals surface area contributed by atoms with Gasteiger partial charge in [-0.15, -0.1) is 0 Å². The first-order valence-corrected chi connectivity index (χ1v) is 8.08. The molecule has 0 aliphatic carbocycles. The molecule has 1 aromatic rings. The van der Waals surface area contributed by atoms with Crippen molar-refractivity contribution in [1.29, 1.82) is 5.26 Å². The lowest BCUT2D eigenvalue weighted by molar-refractivity contribution is -0.145. The number of hydrogen-bond acceptors (Lipinski definition) is 4. The molecule has 1 saturated heterocycles. The number of hydrogen-bond donors (Lipinski definition) is 1. The normalized spacial score (nSPS) is 18.2. The Bertz CT molecular complexity index is 727. The largest absolute Gasteiger partial charge is 0.481 e. The summed E-state index contributed by atoms with van der Waals surface area (Å²) >= 11 is 0. The van der Waals surface area contributed by atoms with E-state index in [1.54, 1.807) is 11.1 Å². The number of likely N-dealkylation sites (tertiary alicyclic amines) is 1. The Kier molecular flexibility index (Phi) is 4.52. The number of carbonyl (C=O) groups is 2. The Morgan fingerprint density at radius 3 is 2.58 bits per heavy atom. The van der Waals surface area contributed by atoms with Gasteiger partial charge >= 0.3 is 5.97 Å². The lowest BCUT2D eigenvalue weighted by Crippen LogP contribution is -2.41. The topological polar surface area (TPSA) is 84.6 Å². The SMILES string of the molecule is N#C/C(=C/N1CCc2ccccc21)C(=O)N1CCC(C(=O)O)CC1. The molecule has 0 saturated carbocycles. The highest BCUT2D eigenvalue weighted by Crippen LogP contribution is 2.28. The van der Waals surface area contributed by atoms with Crippen molar-refractivity contribution in [2.75, 3.05) is 24.5 Å². The van der Waals surface area contributed by atoms with Crippen molar-refractivity contribution in [2.24, 2.45) is 5.92 Å². The molecular formula is C18H19N3O3. The number of carbonyl (C=O) groups excluding carboxylic acids is 1. The van der Waals surface area contributed by atoms with Crippen LogP contribution in [-0.2, 0) is 16.0 Å². The molecular weight excluding hydrogens is 306 g/mol. The number of nitrogens with zero attached hydrogens (tertiary/aromatic N) is 3. The number of carboxylic acid groups (broad SMARTS) is 1. The first kappa shape index (κ1) is 16.1. The maximum Gasteiger partial charge on any atom is 0.306 e. The third-order valence-electron chi connectivity index (χ3n) is 4.69. The van der Waals surface area contributed by atoms with Crippen LogP contribution in [-0.4, -0.2) is 41.5 Å². The van der Waals surface area contributed by atoms with Crippen LogP contribution < -0.4 is 4.90 Å². The van der Waals surface area contributed by atoms with Gasteiger partial charge in [0.1, 0.15) is 11.6 Å². The number of para-hydroxylation sites is 1. The molecule has 6 nitrogen and oxygen atoms in total. The number of anilines is 1. The molecule has 0 unspecified atom stereocenters. The molecule has 6 heteroatoms. The summed E-state index contributed by atoms with van der Waals surface area (Å²) in [6.07, 6.45) is 3.39. The second-order valence-electron chi connectivity index (χ2n) is 6.13. The number of benzene rings is 1. The van der Waals surface area contributed by atoms with Crippen LogP contribution in [0.1, 0.15) is 18.4 Å². The van der Waals surface area contributed by atoms with Gasteiger partial charge < -0.3 is 14.9 Å². The molecule has 1 amide bonds. The summed E-state index contributed by atoms with van der Waals surface area (Å²) in [7, 11) is 0. The van der Waals surface area contributed by atoms with Crippen LogP contribution in [0.5, 0.6) is 0 Å². The maximum atomic E-state index is 12.6. The number of piperidine rings is 1. The molecule has 0 radical (unpaired) electrons. The van der Waals surface area contributed by atoms with Crippen molar-refractivity contribution < 1.29 is 14.7 Å². The molecule has 2 aliphatic rings. The minimum absolute atomic E-state index is 0.0977. The lowest BCUT2D eigenvalue weighted by Gasteiger charge is -2.30. The molecule has 2 aliphatic heterocycles. The molecule has 24 heavy (non-hydrogen) atoms. The van der Waals surface area contributed by atoms with E-state index in [4.69, 9.17) is 5.11 Å². The quantitative estimate of drug-likeness (QED) is 0.676. The van der Waals surface area contributed by atoms with Gasteiger partial charge in [-0.25, -0.2) is 0 Å². The molecule has 0 spiro atoms. The number of fused-ring (bicyclic) bond motifs is 1. The fraction of sp³-hybridized carbons (Fsp3) is 0.389. The molecule has 124 valence electrons. The highest BCUT2D eigenvalue weighted by atomic mass is 16.4. The van der Waals surface area contributed by atoms with Crippen LogP contribution in [0.15, 0.2) is 36.0 Å². The van der Waals surface area contributed by atoms with Crippen LogP contribution in [0.4, 0.5) is 5.69 Å². The van der Waals surface area contributed by atoms with Gasteiger partial charge in [-0.3, -0.25) is 9.59 Å². The number of rotatable bonds is 3. The van der Waals surface area contributed by atoms with Crippen LogP contribution in [0.2, 0.25) is 0 Å². The number of nitriles is 1. The van der Waals surface area contributed by atoms with Crippen LogP contribution in [0, 0.1) is 17.2 Å². The third-order valence-corrected chi connectivity index (χ3v) is 4.69. The smallest absolute Gasteiger partial charge is 0.306 e. The van der Waals surface area contributed by atoms with Crippen molar-refractivity contribution >= 4 is 17.6 Å². The molecule has 3 rings (SSSR count). The minimum atomic E-state index is -0.813. The average molecular weight is 325 g/mol. The van der Waals surface area contributed by atoms with Gasteiger partial charge in [0.05, 0.1) is 5.92 Å².